The number of amides is 1. The number of alkyl halides is 3. The zero-order valence-electron chi connectivity index (χ0n) is 42.8. The predicted molar refractivity (Wildman–Crippen MR) is 314 cm³/mol. The summed E-state index contributed by atoms with van der Waals surface area (Å²) in [6, 6.07) is 11.7. The van der Waals surface area contributed by atoms with Crippen LogP contribution in [0.3, 0.4) is 0 Å². The van der Waals surface area contributed by atoms with E-state index in [1.807, 2.05) is 51.6 Å². The number of carbonyl (C=O) groups is 1. The minimum Gasteiger partial charge on any atom is -0.358 e. The summed E-state index contributed by atoms with van der Waals surface area (Å²) < 4.78 is 56.6. The van der Waals surface area contributed by atoms with Gasteiger partial charge < -0.3 is 14.4 Å². The fraction of sp³-hybridized carbons (Fsp3) is 0.361. The standard InChI is InChI=1S/C36H56B18F4N4O2S/c1-29(41,42)62(30(2,43)44)36(53,54)35(51,52)61(31(45,46)21-24(39)22(37)20(23(38)25(21)40)14-6-8-16(9-7-14)34(56,57)58)27(64)32(47,48)60-19-5-3-4-18(19)26(63)59-28(60)65-33(49,50)15-10-12-17(55)13-11-15/h6-13H,3-5,37-54H2,1-2H3. The summed E-state index contributed by atoms with van der Waals surface area (Å²) in [5.74, 6) is -0.506. The quantitative estimate of drug-likeness (QED) is 0.0579. The first-order valence-electron chi connectivity index (χ1n) is 22.9. The molecule has 1 heterocycles. The maximum Gasteiger partial charge on any atom is 0.416 e. The molecule has 0 saturated carbocycles. The molecule has 6 nitrogen and oxygen atoms in total. The van der Waals surface area contributed by atoms with E-state index >= 15 is 4.79 Å². The molecule has 0 unspecified atom stereocenters. The van der Waals surface area contributed by atoms with Crippen molar-refractivity contribution in [2.24, 2.45) is 0 Å². The SMILES string of the molecule is Bc1c(B)c(C(B)(B)N(C(=O)C(B)(B)n2c(SC(B)(B)c3ccc(F)cc3)nc(=O)c3c2CCC3)C(B)(B)C(B)(B)N(C(B)(B)C)C(B)(B)C)c(B)c(B)c1-c1ccc(C(F)(F)F)cc1. The van der Waals surface area contributed by atoms with Crippen molar-refractivity contribution >= 4 is 181 Å². The molecule has 0 N–H and O–H groups in total. The van der Waals surface area contributed by atoms with E-state index in [-0.39, 0.29) is 28.0 Å². The second-order valence-corrected chi connectivity index (χ2v) is 24.4. The maximum atomic E-state index is 16.7. The van der Waals surface area contributed by atoms with Crippen molar-refractivity contribution in [3.05, 3.63) is 92.6 Å². The van der Waals surface area contributed by atoms with Gasteiger partial charge in [0.2, 0.25) is 5.91 Å². The van der Waals surface area contributed by atoms with Crippen molar-refractivity contribution in [2.45, 2.75) is 81.0 Å². The highest BCUT2D eigenvalue weighted by molar-refractivity contribution is 8.02. The van der Waals surface area contributed by atoms with Crippen molar-refractivity contribution in [1.29, 1.82) is 0 Å². The van der Waals surface area contributed by atoms with Crippen molar-refractivity contribution in [3.63, 3.8) is 0 Å². The predicted octanol–water partition coefficient (Wildman–Crippen LogP) is -14.4. The van der Waals surface area contributed by atoms with Crippen LogP contribution in [0.15, 0.2) is 58.5 Å². The zero-order chi connectivity index (χ0) is 49.6. The first-order valence-corrected chi connectivity index (χ1v) is 23.7. The summed E-state index contributed by atoms with van der Waals surface area (Å²) in [5, 5.41) is -4.18. The number of carbonyl (C=O) groups excluding carboxylic acids is 1. The van der Waals surface area contributed by atoms with Crippen LogP contribution in [0, 0.1) is 5.82 Å². The van der Waals surface area contributed by atoms with E-state index in [4.69, 9.17) is 4.98 Å². The number of hydrogen-bond acceptors (Lipinski definition) is 5. The number of benzene rings is 3. The van der Waals surface area contributed by atoms with Gasteiger partial charge in [-0.15, -0.1) is 0 Å². The van der Waals surface area contributed by atoms with Gasteiger partial charge in [0.15, 0.2) is 5.16 Å². The van der Waals surface area contributed by atoms with Crippen molar-refractivity contribution < 1.29 is 22.4 Å². The van der Waals surface area contributed by atoms with Gasteiger partial charge in [0.25, 0.3) is 5.56 Å². The Bertz CT molecular complexity index is 2520. The first kappa shape index (κ1) is 53.2. The fourth-order valence-electron chi connectivity index (χ4n) is 11.7. The molecular weight excluding hydrogens is 823 g/mol. The lowest BCUT2D eigenvalue weighted by atomic mass is 9.32. The van der Waals surface area contributed by atoms with Crippen LogP contribution < -0.4 is 27.4 Å². The van der Waals surface area contributed by atoms with Gasteiger partial charge in [0, 0.05) is 16.6 Å². The summed E-state index contributed by atoms with van der Waals surface area (Å²) >= 11 is 1.39. The van der Waals surface area contributed by atoms with Gasteiger partial charge in [-0.1, -0.05) is 77.3 Å². The number of aromatic nitrogens is 2. The number of thioether (sulfide) groups is 1. The monoisotopic (exact) mass is 883 g/mol. The van der Waals surface area contributed by atoms with Gasteiger partial charge in [-0.05, 0) is 86.1 Å². The minimum atomic E-state index is -4.45. The summed E-state index contributed by atoms with van der Waals surface area (Å²) in [4.78, 5) is 40.0. The zero-order valence-corrected chi connectivity index (χ0v) is 43.6. The topological polar surface area (TPSA) is 58.4 Å². The molecule has 65 heavy (non-hydrogen) atoms. The lowest BCUT2D eigenvalue weighted by molar-refractivity contribution is -0.140. The molecule has 0 bridgehead atoms. The largest absolute Gasteiger partial charge is 0.416 e. The molecule has 1 amide bonds. The molecule has 0 spiro atoms. The van der Waals surface area contributed by atoms with Gasteiger partial charge in [0.1, 0.15) is 147 Å². The van der Waals surface area contributed by atoms with Crippen LogP contribution in [-0.4, -0.2) is 188 Å². The van der Waals surface area contributed by atoms with E-state index in [1.165, 1.54) is 23.9 Å². The molecule has 29 heteroatoms. The van der Waals surface area contributed by atoms with Gasteiger partial charge in [-0.2, -0.15) is 18.2 Å². The Balaban J connectivity index is 1.84. The van der Waals surface area contributed by atoms with E-state index in [9.17, 15) is 22.4 Å². The van der Waals surface area contributed by atoms with Crippen molar-refractivity contribution in [3.8, 4) is 11.1 Å². The average molecular weight is 880 g/mol. The summed E-state index contributed by atoms with van der Waals surface area (Å²) in [7, 11) is 37.9. The lowest BCUT2D eigenvalue weighted by Gasteiger charge is -2.67. The smallest absolute Gasteiger partial charge is 0.358 e. The van der Waals surface area contributed by atoms with Crippen LogP contribution in [0.2, 0.25) is 0 Å². The van der Waals surface area contributed by atoms with Gasteiger partial charge in [-0.3, -0.25) is 9.59 Å². The molecular formula is C36H56B18F4N4O2S. The third kappa shape index (κ3) is 9.64. The Labute approximate surface area is 405 Å². The second kappa shape index (κ2) is 17.6. The van der Waals surface area contributed by atoms with E-state index in [0.29, 0.717) is 29.1 Å². The van der Waals surface area contributed by atoms with Gasteiger partial charge in [0.05, 0.1) is 10.9 Å². The molecule has 1 aliphatic rings. The number of fused-ring (bicyclic) bond motifs is 1. The Morgan fingerprint density at radius 2 is 1.17 bits per heavy atom. The summed E-state index contributed by atoms with van der Waals surface area (Å²) in [5.41, 5.74) is 7.57. The average Bonchev–Trinajstić information content (AvgIpc) is 3.62. The molecule has 3 aromatic carbocycles. The molecule has 0 saturated heterocycles. The number of halogens is 4. The van der Waals surface area contributed by atoms with E-state index in [0.717, 1.165) is 62.8 Å². The first-order chi connectivity index (χ1) is 29.3. The highest BCUT2D eigenvalue weighted by Gasteiger charge is 2.57. The third-order valence-corrected chi connectivity index (χ3v) is 15.7. The minimum absolute atomic E-state index is 0.162. The molecule has 1 aliphatic carbocycles. The summed E-state index contributed by atoms with van der Waals surface area (Å²) in [6.07, 6.45) is -2.52. The highest BCUT2D eigenvalue weighted by atomic mass is 32.2. The Kier molecular flexibility index (Phi) is 14.4. The van der Waals surface area contributed by atoms with E-state index in [2.05, 4.69) is 118 Å². The molecule has 0 fully saturated rings. The molecule has 1 aromatic heterocycles. The summed E-state index contributed by atoms with van der Waals surface area (Å²) in [6.45, 7) is 4.42. The Morgan fingerprint density at radius 1 is 0.692 bits per heavy atom. The van der Waals surface area contributed by atoms with Crippen LogP contribution in [0.5, 0.6) is 0 Å². The fourth-order valence-corrected chi connectivity index (χ4v) is 13.0. The van der Waals surface area contributed by atoms with Crippen LogP contribution >= 0.6 is 11.8 Å². The lowest BCUT2D eigenvalue weighted by Crippen LogP contribution is -2.84. The second-order valence-electron chi connectivity index (χ2n) is 22.8. The van der Waals surface area contributed by atoms with Crippen molar-refractivity contribution in [2.75, 3.05) is 0 Å². The van der Waals surface area contributed by atoms with Crippen LogP contribution in [-0.2, 0) is 39.0 Å². The van der Waals surface area contributed by atoms with Gasteiger partial charge >= 0.3 is 6.18 Å². The Morgan fingerprint density at radius 3 is 1.63 bits per heavy atom. The molecule has 320 valence electrons. The Hall–Kier alpha value is -2.79. The van der Waals surface area contributed by atoms with E-state index < -0.39 is 37.6 Å². The van der Waals surface area contributed by atoms with E-state index in [1.54, 1.807) is 24.3 Å². The number of rotatable bonds is 13. The molecule has 0 aliphatic heterocycles. The van der Waals surface area contributed by atoms with Crippen LogP contribution in [0.25, 0.3) is 11.1 Å². The molecule has 5 rings (SSSR count). The third-order valence-electron chi connectivity index (χ3n) is 14.5. The number of nitrogens with zero attached hydrogens (tertiary/aromatic N) is 4. The molecule has 0 radical (unpaired) electrons. The maximum absolute atomic E-state index is 16.7. The normalized spacial score (nSPS) is 14.3. The highest BCUT2D eigenvalue weighted by Crippen LogP contribution is 2.42. The van der Waals surface area contributed by atoms with Gasteiger partial charge in [-0.25, -0.2) is 4.39 Å². The molecule has 4 aromatic rings. The number of hydrogen-bond donors (Lipinski definition) is 0. The van der Waals surface area contributed by atoms with Crippen LogP contribution in [0.1, 0.15) is 48.2 Å². The van der Waals surface area contributed by atoms with Crippen molar-refractivity contribution in [1.82, 2.24) is 19.4 Å². The van der Waals surface area contributed by atoms with Crippen LogP contribution in [0.4, 0.5) is 17.6 Å². The molecule has 0 atom stereocenters.